The lowest BCUT2D eigenvalue weighted by Crippen LogP contribution is -2.31. The van der Waals surface area contributed by atoms with Gasteiger partial charge in [0.05, 0.1) is 6.61 Å². The topological polar surface area (TPSA) is 32.7 Å². The number of benzene rings is 1. The number of rotatable bonds is 3. The molecule has 0 aliphatic carbocycles. The first-order chi connectivity index (χ1) is 8.08. The van der Waals surface area contributed by atoms with Crippen molar-refractivity contribution in [2.75, 3.05) is 20.3 Å². The maximum absolute atomic E-state index is 9.74. The molecule has 0 amide bonds. The standard InChI is InChI=1S/C14H21NO2/c1-10-6-12(7-11(2)14(10)16)8-15(3)13-4-5-17-9-13/h6-7,13,16H,4-5,8-9H2,1-3H3. The zero-order chi connectivity index (χ0) is 12.4. The van der Waals surface area contributed by atoms with Crippen LogP contribution >= 0.6 is 0 Å². The molecule has 1 aliphatic heterocycles. The maximum Gasteiger partial charge on any atom is 0.121 e. The van der Waals surface area contributed by atoms with Crippen LogP contribution in [0.15, 0.2) is 12.1 Å². The highest BCUT2D eigenvalue weighted by atomic mass is 16.5. The average Bonchev–Trinajstić information content (AvgIpc) is 2.79. The summed E-state index contributed by atoms with van der Waals surface area (Å²) >= 11 is 0. The van der Waals surface area contributed by atoms with E-state index in [2.05, 4.69) is 24.1 Å². The van der Waals surface area contributed by atoms with E-state index in [0.29, 0.717) is 11.8 Å². The SMILES string of the molecule is Cc1cc(CN(C)C2CCOC2)cc(C)c1O. The normalized spacial score (nSPS) is 20.1. The van der Waals surface area contributed by atoms with E-state index in [1.54, 1.807) is 0 Å². The smallest absolute Gasteiger partial charge is 0.121 e. The summed E-state index contributed by atoms with van der Waals surface area (Å²) in [4.78, 5) is 2.33. The molecule has 0 aromatic heterocycles. The van der Waals surface area contributed by atoms with Crippen LogP contribution in [-0.2, 0) is 11.3 Å². The van der Waals surface area contributed by atoms with Gasteiger partial charge in [-0.05, 0) is 44.0 Å². The molecule has 1 heterocycles. The second kappa shape index (κ2) is 5.07. The third-order valence-electron chi connectivity index (χ3n) is 3.51. The minimum atomic E-state index is 0.417. The Morgan fingerprint density at radius 3 is 2.53 bits per heavy atom. The molecule has 1 unspecified atom stereocenters. The van der Waals surface area contributed by atoms with E-state index in [4.69, 9.17) is 4.74 Å². The van der Waals surface area contributed by atoms with Crippen molar-refractivity contribution in [1.82, 2.24) is 4.90 Å². The number of phenolic OH excluding ortho intramolecular Hbond substituents is 1. The van der Waals surface area contributed by atoms with Gasteiger partial charge in [-0.2, -0.15) is 0 Å². The molecule has 2 rings (SSSR count). The van der Waals surface area contributed by atoms with Crippen LogP contribution < -0.4 is 0 Å². The fourth-order valence-corrected chi connectivity index (χ4v) is 2.42. The van der Waals surface area contributed by atoms with Crippen molar-refractivity contribution >= 4 is 0 Å². The third-order valence-corrected chi connectivity index (χ3v) is 3.51. The quantitative estimate of drug-likeness (QED) is 0.872. The molecule has 94 valence electrons. The minimum absolute atomic E-state index is 0.417. The Hall–Kier alpha value is -1.06. The van der Waals surface area contributed by atoms with Gasteiger partial charge in [-0.3, -0.25) is 4.90 Å². The van der Waals surface area contributed by atoms with Crippen LogP contribution in [0.4, 0.5) is 0 Å². The summed E-state index contributed by atoms with van der Waals surface area (Å²) in [6, 6.07) is 4.66. The number of phenols is 1. The molecular formula is C14H21NO2. The second-order valence-corrected chi connectivity index (χ2v) is 5.01. The summed E-state index contributed by atoms with van der Waals surface area (Å²) in [5, 5.41) is 9.74. The van der Waals surface area contributed by atoms with Crippen molar-refractivity contribution in [2.24, 2.45) is 0 Å². The third kappa shape index (κ3) is 2.79. The fraction of sp³-hybridized carbons (Fsp3) is 0.571. The number of ether oxygens (including phenoxy) is 1. The minimum Gasteiger partial charge on any atom is -0.507 e. The number of hydrogen-bond acceptors (Lipinski definition) is 3. The summed E-state index contributed by atoms with van der Waals surface area (Å²) in [7, 11) is 2.14. The molecule has 1 fully saturated rings. The van der Waals surface area contributed by atoms with Gasteiger partial charge in [-0.15, -0.1) is 0 Å². The number of hydrogen-bond donors (Lipinski definition) is 1. The lowest BCUT2D eigenvalue weighted by Gasteiger charge is -2.23. The van der Waals surface area contributed by atoms with Gasteiger partial charge in [-0.25, -0.2) is 0 Å². The van der Waals surface area contributed by atoms with Gasteiger partial charge in [-0.1, -0.05) is 12.1 Å². The Balaban J connectivity index is 2.07. The van der Waals surface area contributed by atoms with Gasteiger partial charge in [0.25, 0.3) is 0 Å². The second-order valence-electron chi connectivity index (χ2n) is 5.01. The molecule has 1 saturated heterocycles. The van der Waals surface area contributed by atoms with Crippen molar-refractivity contribution in [3.63, 3.8) is 0 Å². The molecule has 0 radical (unpaired) electrons. The van der Waals surface area contributed by atoms with Crippen molar-refractivity contribution in [3.05, 3.63) is 28.8 Å². The van der Waals surface area contributed by atoms with E-state index in [-0.39, 0.29) is 0 Å². The number of nitrogens with zero attached hydrogens (tertiary/aromatic N) is 1. The molecule has 1 aromatic carbocycles. The summed E-state index contributed by atoms with van der Waals surface area (Å²) in [5.74, 6) is 0.417. The van der Waals surface area contributed by atoms with Crippen LogP contribution in [-0.4, -0.2) is 36.3 Å². The largest absolute Gasteiger partial charge is 0.507 e. The summed E-state index contributed by atoms with van der Waals surface area (Å²) in [6.07, 6.45) is 1.12. The van der Waals surface area contributed by atoms with Gasteiger partial charge in [0, 0.05) is 19.2 Å². The Kier molecular flexibility index (Phi) is 3.69. The van der Waals surface area contributed by atoms with E-state index in [9.17, 15) is 5.11 Å². The van der Waals surface area contributed by atoms with Gasteiger partial charge in [0.1, 0.15) is 5.75 Å². The summed E-state index contributed by atoms with van der Waals surface area (Å²) in [6.45, 7) is 6.53. The Labute approximate surface area is 103 Å². The molecule has 1 aromatic rings. The van der Waals surface area contributed by atoms with Crippen LogP contribution in [0.1, 0.15) is 23.1 Å². The first-order valence-electron chi connectivity index (χ1n) is 6.15. The maximum atomic E-state index is 9.74. The molecule has 0 saturated carbocycles. The number of aryl methyl sites for hydroxylation is 2. The molecule has 0 spiro atoms. The van der Waals surface area contributed by atoms with Crippen LogP contribution in [0.3, 0.4) is 0 Å². The molecule has 1 N–H and O–H groups in total. The summed E-state index contributed by atoms with van der Waals surface area (Å²) in [5.41, 5.74) is 3.17. The van der Waals surface area contributed by atoms with E-state index < -0.39 is 0 Å². The van der Waals surface area contributed by atoms with E-state index in [1.807, 2.05) is 13.8 Å². The molecule has 0 bridgehead atoms. The van der Waals surface area contributed by atoms with Gasteiger partial charge >= 0.3 is 0 Å². The summed E-state index contributed by atoms with van der Waals surface area (Å²) < 4.78 is 5.40. The number of likely N-dealkylation sites (N-methyl/N-ethyl adjacent to an activating group) is 1. The lowest BCUT2D eigenvalue weighted by atomic mass is 10.0. The van der Waals surface area contributed by atoms with Gasteiger partial charge in [0.15, 0.2) is 0 Å². The average molecular weight is 235 g/mol. The lowest BCUT2D eigenvalue weighted by molar-refractivity contribution is 0.156. The fourth-order valence-electron chi connectivity index (χ4n) is 2.42. The molecular weight excluding hydrogens is 214 g/mol. The zero-order valence-electron chi connectivity index (χ0n) is 10.9. The highest BCUT2D eigenvalue weighted by Crippen LogP contribution is 2.24. The van der Waals surface area contributed by atoms with Crippen LogP contribution in [0.2, 0.25) is 0 Å². The number of aromatic hydroxyl groups is 1. The van der Waals surface area contributed by atoms with Gasteiger partial charge < -0.3 is 9.84 Å². The molecule has 17 heavy (non-hydrogen) atoms. The predicted molar refractivity (Wildman–Crippen MR) is 68.3 cm³/mol. The van der Waals surface area contributed by atoms with Gasteiger partial charge in [0.2, 0.25) is 0 Å². The Bertz CT molecular complexity index is 374. The highest BCUT2D eigenvalue weighted by Gasteiger charge is 2.20. The monoisotopic (exact) mass is 235 g/mol. The molecule has 1 aliphatic rings. The highest BCUT2D eigenvalue weighted by molar-refractivity contribution is 5.42. The van der Waals surface area contributed by atoms with E-state index >= 15 is 0 Å². The van der Waals surface area contributed by atoms with Crippen molar-refractivity contribution in [3.8, 4) is 5.75 Å². The molecule has 3 nitrogen and oxygen atoms in total. The van der Waals surface area contributed by atoms with Crippen LogP contribution in [0, 0.1) is 13.8 Å². The van der Waals surface area contributed by atoms with Crippen molar-refractivity contribution < 1.29 is 9.84 Å². The van der Waals surface area contributed by atoms with E-state index in [0.717, 1.165) is 37.3 Å². The van der Waals surface area contributed by atoms with Crippen LogP contribution in [0.5, 0.6) is 5.75 Å². The molecule has 3 heteroatoms. The first kappa shape index (κ1) is 12.4. The Morgan fingerprint density at radius 1 is 1.35 bits per heavy atom. The zero-order valence-corrected chi connectivity index (χ0v) is 10.9. The van der Waals surface area contributed by atoms with Crippen molar-refractivity contribution in [2.45, 2.75) is 32.9 Å². The molecule has 1 atom stereocenters. The Morgan fingerprint density at radius 2 is 2.00 bits per heavy atom. The first-order valence-corrected chi connectivity index (χ1v) is 6.15. The predicted octanol–water partition coefficient (Wildman–Crippen LogP) is 2.23. The van der Waals surface area contributed by atoms with E-state index in [1.165, 1.54) is 5.56 Å². The van der Waals surface area contributed by atoms with Crippen LogP contribution in [0.25, 0.3) is 0 Å². The van der Waals surface area contributed by atoms with Crippen molar-refractivity contribution in [1.29, 1.82) is 0 Å².